The molecule has 0 bridgehead atoms. The Morgan fingerprint density at radius 1 is 1.06 bits per heavy atom. The standard InChI is InChI=1S/C25H39NO5/c1-15(26-24(30)31-25(2,3)4)8-7-9-17(27)12-16-13-21(28)20-14-22(29)18-10-5-6-11-19(18)23(16)20/h15-16,18-20,23H,5-14H2,1-4H3,(H,26,30)/t15-,16?,18+,19+,20-,23-/m1/s1. The smallest absolute Gasteiger partial charge is 0.407 e. The molecule has 0 aromatic carbocycles. The monoisotopic (exact) mass is 433 g/mol. The van der Waals surface area contributed by atoms with E-state index < -0.39 is 11.7 Å². The highest BCUT2D eigenvalue weighted by Gasteiger charge is 2.53. The molecule has 0 spiro atoms. The van der Waals surface area contributed by atoms with Gasteiger partial charge in [-0.1, -0.05) is 12.8 Å². The molecule has 0 aliphatic heterocycles. The fourth-order valence-corrected chi connectivity index (χ4v) is 6.16. The SMILES string of the molecule is C[C@H](CCCC(=O)CC1CC(=O)[C@H]2CC(=O)[C@H]3CCCC[C@@H]3[C@@H]12)NC(=O)OC(C)(C)C. The van der Waals surface area contributed by atoms with Gasteiger partial charge in [-0.3, -0.25) is 14.4 Å². The summed E-state index contributed by atoms with van der Waals surface area (Å²) in [5.74, 6) is 1.33. The number of fused-ring (bicyclic) bond motifs is 3. The summed E-state index contributed by atoms with van der Waals surface area (Å²) in [6.45, 7) is 7.39. The van der Waals surface area contributed by atoms with Crippen LogP contribution in [0.15, 0.2) is 0 Å². The first-order valence-electron chi connectivity index (χ1n) is 12.1. The lowest BCUT2D eigenvalue weighted by Gasteiger charge is -2.43. The lowest BCUT2D eigenvalue weighted by atomic mass is 9.59. The highest BCUT2D eigenvalue weighted by molar-refractivity contribution is 5.93. The van der Waals surface area contributed by atoms with Crippen LogP contribution >= 0.6 is 0 Å². The maximum Gasteiger partial charge on any atom is 0.407 e. The van der Waals surface area contributed by atoms with Crippen LogP contribution < -0.4 is 5.32 Å². The second-order valence-corrected chi connectivity index (χ2v) is 11.0. The van der Waals surface area contributed by atoms with E-state index in [2.05, 4.69) is 5.32 Å². The fraction of sp³-hybridized carbons (Fsp3) is 0.840. The second-order valence-electron chi connectivity index (χ2n) is 11.0. The zero-order chi connectivity index (χ0) is 22.8. The van der Waals surface area contributed by atoms with Crippen LogP contribution in [0.1, 0.15) is 91.9 Å². The topological polar surface area (TPSA) is 89.5 Å². The molecule has 31 heavy (non-hydrogen) atoms. The van der Waals surface area contributed by atoms with E-state index in [9.17, 15) is 19.2 Å². The molecule has 3 aliphatic rings. The van der Waals surface area contributed by atoms with Gasteiger partial charge in [0.25, 0.3) is 0 Å². The fourth-order valence-electron chi connectivity index (χ4n) is 6.16. The minimum absolute atomic E-state index is 0.0626. The van der Waals surface area contributed by atoms with Crippen LogP contribution in [0.2, 0.25) is 0 Å². The molecular formula is C25H39NO5. The molecule has 174 valence electrons. The third kappa shape index (κ3) is 6.17. The first kappa shape index (κ1) is 23.9. The number of amides is 1. The molecule has 0 radical (unpaired) electrons. The first-order chi connectivity index (χ1) is 14.5. The van der Waals surface area contributed by atoms with Crippen molar-refractivity contribution in [3.8, 4) is 0 Å². The van der Waals surface area contributed by atoms with Gasteiger partial charge in [-0.05, 0) is 71.1 Å². The van der Waals surface area contributed by atoms with Gasteiger partial charge >= 0.3 is 6.09 Å². The van der Waals surface area contributed by atoms with Gasteiger partial charge in [-0.15, -0.1) is 0 Å². The van der Waals surface area contributed by atoms with Gasteiger partial charge in [0.2, 0.25) is 0 Å². The zero-order valence-electron chi connectivity index (χ0n) is 19.6. The van der Waals surface area contributed by atoms with E-state index in [-0.39, 0.29) is 47.1 Å². The van der Waals surface area contributed by atoms with Crippen LogP contribution in [0.25, 0.3) is 0 Å². The number of hydrogen-bond acceptors (Lipinski definition) is 5. The van der Waals surface area contributed by atoms with Crippen molar-refractivity contribution in [3.63, 3.8) is 0 Å². The van der Waals surface area contributed by atoms with Gasteiger partial charge in [0.05, 0.1) is 0 Å². The Morgan fingerprint density at radius 2 is 1.74 bits per heavy atom. The Hall–Kier alpha value is -1.72. The van der Waals surface area contributed by atoms with Gasteiger partial charge in [0.1, 0.15) is 23.0 Å². The number of nitrogens with one attached hydrogen (secondary N) is 1. The summed E-state index contributed by atoms with van der Waals surface area (Å²) in [5.41, 5.74) is -0.530. The summed E-state index contributed by atoms with van der Waals surface area (Å²) in [5, 5.41) is 2.81. The number of carbonyl (C=O) groups is 4. The van der Waals surface area contributed by atoms with Gasteiger partial charge in [-0.2, -0.15) is 0 Å². The molecule has 0 heterocycles. The second kappa shape index (κ2) is 9.83. The molecule has 1 N–H and O–H groups in total. The predicted molar refractivity (Wildman–Crippen MR) is 117 cm³/mol. The van der Waals surface area contributed by atoms with E-state index in [4.69, 9.17) is 4.74 Å². The third-order valence-corrected chi connectivity index (χ3v) is 7.38. The minimum atomic E-state index is -0.530. The lowest BCUT2D eigenvalue weighted by Crippen LogP contribution is -2.43. The molecule has 0 aromatic rings. The van der Waals surface area contributed by atoms with Crippen LogP contribution in [0.4, 0.5) is 4.79 Å². The minimum Gasteiger partial charge on any atom is -0.444 e. The Labute approximate surface area is 186 Å². The quantitative estimate of drug-likeness (QED) is 0.632. The van der Waals surface area contributed by atoms with Crippen LogP contribution in [-0.4, -0.2) is 35.1 Å². The molecule has 1 unspecified atom stereocenters. The number of ether oxygens (including phenoxy) is 1. The molecule has 3 saturated carbocycles. The maximum absolute atomic E-state index is 12.7. The summed E-state index contributed by atoms with van der Waals surface area (Å²) in [6, 6.07) is -0.0626. The predicted octanol–water partition coefficient (Wildman–Crippen LogP) is 4.63. The lowest BCUT2D eigenvalue weighted by molar-refractivity contribution is -0.137. The van der Waals surface area contributed by atoms with Crippen LogP contribution in [-0.2, 0) is 19.1 Å². The summed E-state index contributed by atoms with van der Waals surface area (Å²) >= 11 is 0. The maximum atomic E-state index is 12.7. The third-order valence-electron chi connectivity index (χ3n) is 7.38. The number of Topliss-reactive ketones (excluding diaryl/α,β-unsaturated/α-hetero) is 3. The Morgan fingerprint density at radius 3 is 2.45 bits per heavy atom. The van der Waals surface area contributed by atoms with Crippen molar-refractivity contribution in [3.05, 3.63) is 0 Å². The molecule has 3 aliphatic carbocycles. The molecule has 0 saturated heterocycles. The van der Waals surface area contributed by atoms with Crippen molar-refractivity contribution in [1.82, 2.24) is 5.32 Å². The van der Waals surface area contributed by atoms with E-state index >= 15 is 0 Å². The van der Waals surface area contributed by atoms with Gasteiger partial charge in [-0.25, -0.2) is 4.79 Å². The number of rotatable bonds is 7. The average molecular weight is 434 g/mol. The highest BCUT2D eigenvalue weighted by Crippen LogP contribution is 2.53. The van der Waals surface area contributed by atoms with Crippen molar-refractivity contribution < 1.29 is 23.9 Å². The largest absolute Gasteiger partial charge is 0.444 e. The summed E-state index contributed by atoms with van der Waals surface area (Å²) in [6.07, 6.45) is 7.01. The van der Waals surface area contributed by atoms with E-state index in [0.29, 0.717) is 44.4 Å². The van der Waals surface area contributed by atoms with Crippen LogP contribution in [0.5, 0.6) is 0 Å². The average Bonchev–Trinajstić information content (AvgIpc) is 2.95. The number of alkyl carbamates (subject to hydrolysis) is 1. The van der Waals surface area contributed by atoms with E-state index in [0.717, 1.165) is 25.7 Å². The number of carbonyl (C=O) groups excluding carboxylic acids is 4. The van der Waals surface area contributed by atoms with Crippen LogP contribution in [0, 0.1) is 29.6 Å². The summed E-state index contributed by atoms with van der Waals surface area (Å²) in [7, 11) is 0. The molecular weight excluding hydrogens is 394 g/mol. The van der Waals surface area contributed by atoms with Gasteiger partial charge < -0.3 is 10.1 Å². The summed E-state index contributed by atoms with van der Waals surface area (Å²) < 4.78 is 5.26. The van der Waals surface area contributed by atoms with Crippen molar-refractivity contribution >= 4 is 23.4 Å². The first-order valence-corrected chi connectivity index (χ1v) is 12.1. The summed E-state index contributed by atoms with van der Waals surface area (Å²) in [4.78, 5) is 49.7. The van der Waals surface area contributed by atoms with Crippen molar-refractivity contribution in [1.29, 1.82) is 0 Å². The highest BCUT2D eigenvalue weighted by atomic mass is 16.6. The zero-order valence-corrected chi connectivity index (χ0v) is 19.6. The van der Waals surface area contributed by atoms with Crippen molar-refractivity contribution in [2.75, 3.05) is 0 Å². The van der Waals surface area contributed by atoms with Crippen molar-refractivity contribution in [2.45, 2.75) is 104 Å². The van der Waals surface area contributed by atoms with E-state index in [1.165, 1.54) is 0 Å². The molecule has 6 heteroatoms. The van der Waals surface area contributed by atoms with Gasteiger partial charge in [0, 0.05) is 43.6 Å². The Balaban J connectivity index is 1.46. The van der Waals surface area contributed by atoms with Crippen molar-refractivity contribution in [2.24, 2.45) is 29.6 Å². The molecule has 6 nitrogen and oxygen atoms in total. The van der Waals surface area contributed by atoms with Gasteiger partial charge in [0.15, 0.2) is 0 Å². The molecule has 3 fully saturated rings. The number of ketones is 3. The molecule has 3 rings (SSSR count). The molecule has 0 aromatic heterocycles. The van der Waals surface area contributed by atoms with E-state index in [1.54, 1.807) is 0 Å². The number of hydrogen-bond donors (Lipinski definition) is 1. The molecule has 1 amide bonds. The molecule has 6 atom stereocenters. The van der Waals surface area contributed by atoms with Crippen LogP contribution in [0.3, 0.4) is 0 Å². The Kier molecular flexibility index (Phi) is 7.59. The Bertz CT molecular complexity index is 709. The normalized spacial score (nSPS) is 31.5. The van der Waals surface area contributed by atoms with E-state index in [1.807, 2.05) is 27.7 Å².